The molecule has 3 rings (SSSR count). The molecule has 0 amide bonds. The molecule has 3 N–H and O–H groups in total. The van der Waals surface area contributed by atoms with E-state index in [1.807, 2.05) is 6.07 Å². The normalized spacial score (nSPS) is 15.4. The fraction of sp³-hybridized carbons (Fsp3) is 0.417. The van der Waals surface area contributed by atoms with Gasteiger partial charge in [0.2, 0.25) is 10.0 Å². The van der Waals surface area contributed by atoms with Crippen LogP contribution in [0, 0.1) is 0 Å². The first-order chi connectivity index (χ1) is 10.0. The molecule has 6 nitrogen and oxygen atoms in total. The Labute approximate surface area is 130 Å². The lowest BCUT2D eigenvalue weighted by Crippen LogP contribution is -2.22. The van der Waals surface area contributed by atoms with Crippen molar-refractivity contribution in [1.29, 1.82) is 0 Å². The minimum absolute atomic E-state index is 0.0919. The van der Waals surface area contributed by atoms with Gasteiger partial charge in [0, 0.05) is 28.5 Å². The molecule has 1 fully saturated rings. The zero-order valence-corrected chi connectivity index (χ0v) is 13.5. The number of nitrogens with one attached hydrogen (secondary N) is 3. The van der Waals surface area contributed by atoms with Crippen LogP contribution in [-0.4, -0.2) is 19.4 Å². The molecule has 0 aliphatic heterocycles. The van der Waals surface area contributed by atoms with Crippen molar-refractivity contribution in [2.75, 3.05) is 0 Å². The molecule has 0 aromatic carbocycles. The Kier molecular flexibility index (Phi) is 4.27. The minimum Gasteiger partial charge on any atom is -0.315 e. The molecule has 9 heteroatoms. The SMILES string of the molecule is O=c1[nH]c(CNS(=O)(=O)c2ccc(CNC3CC3)s2)cs1. The Hall–Kier alpha value is -1.00. The van der Waals surface area contributed by atoms with E-state index in [0.717, 1.165) is 16.2 Å². The lowest BCUT2D eigenvalue weighted by atomic mass is 10.4. The van der Waals surface area contributed by atoms with Gasteiger partial charge < -0.3 is 10.3 Å². The molecule has 0 bridgehead atoms. The van der Waals surface area contributed by atoms with E-state index >= 15 is 0 Å². The topological polar surface area (TPSA) is 91.1 Å². The maximum atomic E-state index is 12.2. The van der Waals surface area contributed by atoms with Gasteiger partial charge in [-0.1, -0.05) is 11.3 Å². The summed E-state index contributed by atoms with van der Waals surface area (Å²) in [6.07, 6.45) is 2.41. The number of H-pyrrole nitrogens is 1. The molecule has 0 spiro atoms. The lowest BCUT2D eigenvalue weighted by molar-refractivity contribution is 0.582. The number of hydrogen-bond donors (Lipinski definition) is 3. The summed E-state index contributed by atoms with van der Waals surface area (Å²) in [4.78, 5) is 14.4. The Balaban J connectivity index is 1.61. The number of sulfonamides is 1. The fourth-order valence-corrected chi connectivity index (χ4v) is 4.71. The monoisotopic (exact) mass is 345 g/mol. The van der Waals surface area contributed by atoms with Gasteiger partial charge in [0.15, 0.2) is 0 Å². The Morgan fingerprint density at radius 1 is 1.29 bits per heavy atom. The largest absolute Gasteiger partial charge is 0.315 e. The molecule has 1 aliphatic carbocycles. The zero-order valence-electron chi connectivity index (χ0n) is 11.1. The van der Waals surface area contributed by atoms with E-state index in [-0.39, 0.29) is 11.4 Å². The standard InChI is InChI=1S/C12H15N3O3S3/c16-12-15-9(7-19-12)5-14-21(17,18)11-4-3-10(20-11)6-13-8-1-2-8/h3-4,7-8,13-14H,1-2,5-6H2,(H,15,16). The number of thiophene rings is 1. The van der Waals surface area contributed by atoms with Crippen LogP contribution in [0.5, 0.6) is 0 Å². The molecule has 114 valence electrons. The van der Waals surface area contributed by atoms with Crippen LogP contribution in [-0.2, 0) is 23.1 Å². The average molecular weight is 345 g/mol. The first kappa shape index (κ1) is 14.9. The van der Waals surface area contributed by atoms with Crippen molar-refractivity contribution >= 4 is 32.7 Å². The third-order valence-electron chi connectivity index (χ3n) is 3.07. The molecular weight excluding hydrogens is 330 g/mol. The van der Waals surface area contributed by atoms with Crippen LogP contribution >= 0.6 is 22.7 Å². The number of hydrogen-bond acceptors (Lipinski definition) is 6. The van der Waals surface area contributed by atoms with Crippen molar-refractivity contribution in [3.05, 3.63) is 37.8 Å². The van der Waals surface area contributed by atoms with Crippen molar-refractivity contribution in [2.24, 2.45) is 0 Å². The van der Waals surface area contributed by atoms with Crippen LogP contribution in [0.2, 0.25) is 0 Å². The molecule has 21 heavy (non-hydrogen) atoms. The van der Waals surface area contributed by atoms with E-state index in [1.165, 1.54) is 24.2 Å². The maximum absolute atomic E-state index is 12.2. The molecule has 1 saturated carbocycles. The summed E-state index contributed by atoms with van der Waals surface area (Å²) >= 11 is 2.29. The summed E-state index contributed by atoms with van der Waals surface area (Å²) in [6, 6.07) is 4.05. The molecule has 0 saturated heterocycles. The third kappa shape index (κ3) is 4.01. The number of thiazole rings is 1. The fourth-order valence-electron chi connectivity index (χ4n) is 1.77. The molecule has 0 radical (unpaired) electrons. The summed E-state index contributed by atoms with van der Waals surface area (Å²) < 4.78 is 27.1. The molecule has 0 unspecified atom stereocenters. The Morgan fingerprint density at radius 2 is 2.10 bits per heavy atom. The van der Waals surface area contributed by atoms with Crippen LogP contribution in [0.25, 0.3) is 0 Å². The molecule has 1 aliphatic rings. The van der Waals surface area contributed by atoms with Crippen molar-refractivity contribution in [3.8, 4) is 0 Å². The van der Waals surface area contributed by atoms with E-state index < -0.39 is 10.0 Å². The van der Waals surface area contributed by atoms with Gasteiger partial charge in [-0.05, 0) is 25.0 Å². The van der Waals surface area contributed by atoms with E-state index in [4.69, 9.17) is 0 Å². The van der Waals surface area contributed by atoms with Crippen LogP contribution in [0.1, 0.15) is 23.4 Å². The predicted molar refractivity (Wildman–Crippen MR) is 83.1 cm³/mol. The van der Waals surface area contributed by atoms with E-state index in [9.17, 15) is 13.2 Å². The highest BCUT2D eigenvalue weighted by Gasteiger charge is 2.21. The molecule has 2 heterocycles. The minimum atomic E-state index is -3.53. The van der Waals surface area contributed by atoms with E-state index in [2.05, 4.69) is 15.0 Å². The highest BCUT2D eigenvalue weighted by Crippen LogP contribution is 2.24. The molecule has 2 aromatic rings. The first-order valence-electron chi connectivity index (χ1n) is 6.51. The molecule has 2 aromatic heterocycles. The second kappa shape index (κ2) is 6.01. The Bertz CT molecular complexity index is 771. The maximum Gasteiger partial charge on any atom is 0.304 e. The number of aromatic nitrogens is 1. The van der Waals surface area contributed by atoms with Crippen LogP contribution in [0.15, 0.2) is 26.5 Å². The summed E-state index contributed by atoms with van der Waals surface area (Å²) in [5, 5.41) is 4.97. The summed E-state index contributed by atoms with van der Waals surface area (Å²) in [5.41, 5.74) is 0.570. The van der Waals surface area contributed by atoms with Crippen molar-refractivity contribution < 1.29 is 8.42 Å². The van der Waals surface area contributed by atoms with Gasteiger partial charge in [0.25, 0.3) is 0 Å². The van der Waals surface area contributed by atoms with Gasteiger partial charge in [-0.15, -0.1) is 11.3 Å². The second-order valence-corrected chi connectivity index (χ2v) is 8.88. The third-order valence-corrected chi connectivity index (χ3v) is 6.76. The summed E-state index contributed by atoms with van der Waals surface area (Å²) in [6.45, 7) is 0.803. The smallest absolute Gasteiger partial charge is 0.304 e. The van der Waals surface area contributed by atoms with Crippen LogP contribution in [0.4, 0.5) is 0 Å². The summed E-state index contributed by atoms with van der Waals surface area (Å²) in [5.74, 6) is 0. The van der Waals surface area contributed by atoms with E-state index in [1.54, 1.807) is 11.4 Å². The van der Waals surface area contributed by atoms with Crippen molar-refractivity contribution in [2.45, 2.75) is 36.2 Å². The van der Waals surface area contributed by atoms with Crippen LogP contribution < -0.4 is 14.9 Å². The second-order valence-electron chi connectivity index (χ2n) is 4.87. The van der Waals surface area contributed by atoms with Crippen molar-refractivity contribution in [3.63, 3.8) is 0 Å². The van der Waals surface area contributed by atoms with Crippen LogP contribution in [0.3, 0.4) is 0 Å². The zero-order chi connectivity index (χ0) is 14.9. The van der Waals surface area contributed by atoms with Gasteiger partial charge in [-0.3, -0.25) is 4.79 Å². The van der Waals surface area contributed by atoms with Crippen molar-refractivity contribution in [1.82, 2.24) is 15.0 Å². The van der Waals surface area contributed by atoms with Gasteiger partial charge in [-0.25, -0.2) is 13.1 Å². The molecular formula is C12H15N3O3S3. The predicted octanol–water partition coefficient (Wildman–Crippen LogP) is 1.23. The summed E-state index contributed by atoms with van der Waals surface area (Å²) in [7, 11) is -3.53. The van der Waals surface area contributed by atoms with Gasteiger partial charge in [0.1, 0.15) is 4.21 Å². The van der Waals surface area contributed by atoms with Gasteiger partial charge in [0.05, 0.1) is 6.54 Å². The first-order valence-corrected chi connectivity index (χ1v) is 9.69. The number of rotatable bonds is 7. The quantitative estimate of drug-likeness (QED) is 0.704. The molecule has 0 atom stereocenters. The van der Waals surface area contributed by atoms with Gasteiger partial charge in [-0.2, -0.15) is 0 Å². The highest BCUT2D eigenvalue weighted by atomic mass is 32.2. The Morgan fingerprint density at radius 3 is 2.76 bits per heavy atom. The highest BCUT2D eigenvalue weighted by molar-refractivity contribution is 7.91. The number of aromatic amines is 1. The van der Waals surface area contributed by atoms with E-state index in [0.29, 0.717) is 22.5 Å². The lowest BCUT2D eigenvalue weighted by Gasteiger charge is -2.03. The average Bonchev–Trinajstić information content (AvgIpc) is 2.97. The van der Waals surface area contributed by atoms with Gasteiger partial charge >= 0.3 is 4.87 Å².